The highest BCUT2D eigenvalue weighted by Crippen LogP contribution is 2.33. The number of carbonyl (C=O) groups excluding carboxylic acids is 3. The molecule has 4 aromatic carbocycles. The number of rotatable bonds is 7. The number of esters is 1. The van der Waals surface area contributed by atoms with Gasteiger partial charge in [0.25, 0.3) is 11.8 Å². The number of carbonyl (C=O) groups is 3. The summed E-state index contributed by atoms with van der Waals surface area (Å²) in [5.41, 5.74) is 7.69. The number of hydrogen-bond acceptors (Lipinski definition) is 4. The van der Waals surface area contributed by atoms with Crippen LogP contribution in [0.4, 0.5) is 5.69 Å². The van der Waals surface area contributed by atoms with E-state index >= 15 is 0 Å². The minimum atomic E-state index is -0.637. The molecule has 6 nitrogen and oxygen atoms in total. The van der Waals surface area contributed by atoms with Gasteiger partial charge in [0.1, 0.15) is 6.04 Å². The predicted molar refractivity (Wildman–Crippen MR) is 157 cm³/mol. The first-order valence-corrected chi connectivity index (χ1v) is 13.4. The Balaban J connectivity index is 1.32. The Morgan fingerprint density at radius 3 is 2.15 bits per heavy atom. The van der Waals surface area contributed by atoms with Gasteiger partial charge in [0.2, 0.25) is 0 Å². The maximum Gasteiger partial charge on any atom is 0.328 e. The molecule has 0 radical (unpaired) electrons. The summed E-state index contributed by atoms with van der Waals surface area (Å²) in [5.74, 6) is -0.849. The van der Waals surface area contributed by atoms with E-state index in [-0.39, 0.29) is 17.7 Å². The molecule has 6 heteroatoms. The minimum absolute atomic E-state index is 0.0760. The van der Waals surface area contributed by atoms with Gasteiger partial charge >= 0.3 is 5.97 Å². The number of aryl methyl sites for hydroxylation is 1. The first kappa shape index (κ1) is 26.9. The Hall–Kier alpha value is -4.71. The lowest BCUT2D eigenvalue weighted by Crippen LogP contribution is -2.45. The van der Waals surface area contributed by atoms with E-state index < -0.39 is 12.0 Å². The summed E-state index contributed by atoms with van der Waals surface area (Å²) in [5, 5.41) is 2.97. The standard InChI is InChI=1S/C34H32N2O4/c1-21(2)31(34(39)40-4)36-20-27-11-10-25(19-30(27)33(36)38)29-17-14-26(18-22(29)3)32(37)35-28-15-12-24(13-16-28)23-8-6-5-7-9-23/h5-19,21,31H,20H2,1-4H3,(H,35,37)/t31-/m0/s1. The van der Waals surface area contributed by atoms with Gasteiger partial charge in [-0.2, -0.15) is 0 Å². The molecule has 0 aromatic heterocycles. The Morgan fingerprint density at radius 2 is 1.50 bits per heavy atom. The highest BCUT2D eigenvalue weighted by Gasteiger charge is 2.38. The van der Waals surface area contributed by atoms with Gasteiger partial charge in [0, 0.05) is 23.4 Å². The zero-order chi connectivity index (χ0) is 28.4. The molecule has 1 aliphatic rings. The van der Waals surface area contributed by atoms with E-state index in [1.165, 1.54) is 7.11 Å². The second-order valence-electron chi connectivity index (χ2n) is 10.4. The zero-order valence-corrected chi connectivity index (χ0v) is 23.1. The molecule has 0 unspecified atom stereocenters. The number of methoxy groups -OCH3 is 1. The lowest BCUT2D eigenvalue weighted by Gasteiger charge is -2.28. The Labute approximate surface area is 234 Å². The van der Waals surface area contributed by atoms with Crippen LogP contribution in [0.2, 0.25) is 0 Å². The van der Waals surface area contributed by atoms with Gasteiger partial charge < -0.3 is 15.0 Å². The Bertz CT molecular complexity index is 1580. The Kier molecular flexibility index (Phi) is 7.52. The number of nitrogens with zero attached hydrogens (tertiary/aromatic N) is 1. The van der Waals surface area contributed by atoms with Crippen LogP contribution in [0.1, 0.15) is 45.7 Å². The van der Waals surface area contributed by atoms with Crippen molar-refractivity contribution in [2.75, 3.05) is 12.4 Å². The molecule has 1 N–H and O–H groups in total. The summed E-state index contributed by atoms with van der Waals surface area (Å²) in [6.45, 7) is 6.14. The zero-order valence-electron chi connectivity index (χ0n) is 23.1. The van der Waals surface area contributed by atoms with E-state index in [2.05, 4.69) is 17.4 Å². The average molecular weight is 533 g/mol. The van der Waals surface area contributed by atoms with Gasteiger partial charge in [-0.25, -0.2) is 4.79 Å². The van der Waals surface area contributed by atoms with Crippen molar-refractivity contribution >= 4 is 23.5 Å². The summed E-state index contributed by atoms with van der Waals surface area (Å²) >= 11 is 0. The van der Waals surface area contributed by atoms with Crippen molar-refractivity contribution in [3.05, 3.63) is 113 Å². The lowest BCUT2D eigenvalue weighted by atomic mass is 9.95. The number of ether oxygens (including phenoxy) is 1. The largest absolute Gasteiger partial charge is 0.467 e. The molecule has 0 bridgehead atoms. The van der Waals surface area contributed by atoms with Gasteiger partial charge in [0.15, 0.2) is 0 Å². The second kappa shape index (κ2) is 11.2. The molecule has 0 saturated heterocycles. The average Bonchev–Trinajstić information content (AvgIpc) is 3.28. The molecule has 40 heavy (non-hydrogen) atoms. The molecule has 202 valence electrons. The van der Waals surface area contributed by atoms with Gasteiger partial charge in [-0.05, 0) is 76.6 Å². The van der Waals surface area contributed by atoms with E-state index in [0.717, 1.165) is 39.1 Å². The highest BCUT2D eigenvalue weighted by atomic mass is 16.5. The van der Waals surface area contributed by atoms with Crippen molar-refractivity contribution in [1.29, 1.82) is 0 Å². The van der Waals surface area contributed by atoms with Crippen LogP contribution in [0.15, 0.2) is 91.0 Å². The molecule has 1 atom stereocenters. The molecular weight excluding hydrogens is 500 g/mol. The molecule has 5 rings (SSSR count). The summed E-state index contributed by atoms with van der Waals surface area (Å²) in [6.07, 6.45) is 0. The first-order chi connectivity index (χ1) is 19.3. The summed E-state index contributed by atoms with van der Waals surface area (Å²) in [7, 11) is 1.35. The topological polar surface area (TPSA) is 75.7 Å². The van der Waals surface area contributed by atoms with Gasteiger partial charge in [0.05, 0.1) is 7.11 Å². The predicted octanol–water partition coefficient (Wildman–Crippen LogP) is 6.73. The van der Waals surface area contributed by atoms with Crippen molar-refractivity contribution in [1.82, 2.24) is 4.90 Å². The lowest BCUT2D eigenvalue weighted by molar-refractivity contribution is -0.147. The normalized spacial score (nSPS) is 13.2. The van der Waals surface area contributed by atoms with Crippen LogP contribution in [0.5, 0.6) is 0 Å². The fourth-order valence-electron chi connectivity index (χ4n) is 5.30. The summed E-state index contributed by atoms with van der Waals surface area (Å²) < 4.78 is 4.97. The molecular formula is C34H32N2O4. The van der Waals surface area contributed by atoms with Crippen LogP contribution in [0.3, 0.4) is 0 Å². The maximum atomic E-state index is 13.3. The van der Waals surface area contributed by atoms with E-state index in [0.29, 0.717) is 17.7 Å². The SMILES string of the molecule is COC(=O)[C@H](C(C)C)N1Cc2ccc(-c3ccc(C(=O)Nc4ccc(-c5ccccc5)cc4)cc3C)cc2C1=O. The highest BCUT2D eigenvalue weighted by molar-refractivity contribution is 6.05. The molecule has 0 spiro atoms. The van der Waals surface area contributed by atoms with Gasteiger partial charge in [-0.3, -0.25) is 9.59 Å². The number of nitrogens with one attached hydrogen (secondary N) is 1. The number of fused-ring (bicyclic) bond motifs is 1. The van der Waals surface area contributed by atoms with E-state index in [9.17, 15) is 14.4 Å². The molecule has 0 fully saturated rings. The van der Waals surface area contributed by atoms with E-state index in [1.54, 1.807) is 11.0 Å². The monoisotopic (exact) mass is 532 g/mol. The number of anilines is 1. The van der Waals surface area contributed by atoms with Gasteiger partial charge in [-0.15, -0.1) is 0 Å². The van der Waals surface area contributed by atoms with Crippen molar-refractivity contribution < 1.29 is 19.1 Å². The van der Waals surface area contributed by atoms with Crippen LogP contribution in [0.25, 0.3) is 22.3 Å². The molecule has 1 heterocycles. The van der Waals surface area contributed by atoms with E-state index in [1.807, 2.05) is 93.6 Å². The summed E-state index contributed by atoms with van der Waals surface area (Å²) in [6, 6.07) is 28.6. The number of hydrogen-bond donors (Lipinski definition) is 1. The molecule has 4 aromatic rings. The maximum absolute atomic E-state index is 13.3. The van der Waals surface area contributed by atoms with Gasteiger partial charge in [-0.1, -0.05) is 74.5 Å². The summed E-state index contributed by atoms with van der Waals surface area (Å²) in [4.78, 5) is 40.3. The molecule has 2 amide bonds. The van der Waals surface area contributed by atoms with Crippen molar-refractivity contribution in [3.8, 4) is 22.3 Å². The Morgan fingerprint density at radius 1 is 0.825 bits per heavy atom. The third-order valence-electron chi connectivity index (χ3n) is 7.40. The van der Waals surface area contributed by atoms with Crippen molar-refractivity contribution in [3.63, 3.8) is 0 Å². The number of amides is 2. The smallest absolute Gasteiger partial charge is 0.328 e. The van der Waals surface area contributed by atoms with Crippen LogP contribution in [-0.4, -0.2) is 35.8 Å². The third kappa shape index (κ3) is 5.25. The molecule has 0 aliphatic carbocycles. The first-order valence-electron chi connectivity index (χ1n) is 13.4. The van der Waals surface area contributed by atoms with Crippen molar-refractivity contribution in [2.24, 2.45) is 5.92 Å². The fraction of sp³-hybridized carbons (Fsp3) is 0.206. The van der Waals surface area contributed by atoms with Crippen LogP contribution in [-0.2, 0) is 16.1 Å². The molecule has 0 saturated carbocycles. The second-order valence-corrected chi connectivity index (χ2v) is 10.4. The van der Waals surface area contributed by atoms with Crippen LogP contribution in [0, 0.1) is 12.8 Å². The fourth-order valence-corrected chi connectivity index (χ4v) is 5.30. The molecule has 1 aliphatic heterocycles. The number of benzene rings is 4. The quantitative estimate of drug-likeness (QED) is 0.268. The van der Waals surface area contributed by atoms with Crippen LogP contribution < -0.4 is 5.32 Å². The minimum Gasteiger partial charge on any atom is -0.467 e. The third-order valence-corrected chi connectivity index (χ3v) is 7.40. The van der Waals surface area contributed by atoms with E-state index in [4.69, 9.17) is 4.74 Å². The van der Waals surface area contributed by atoms with Crippen LogP contribution >= 0.6 is 0 Å². The van der Waals surface area contributed by atoms with Crippen molar-refractivity contribution in [2.45, 2.75) is 33.4 Å².